The van der Waals surface area contributed by atoms with Crippen molar-refractivity contribution in [3.8, 4) is 11.3 Å². The first kappa shape index (κ1) is 32.9. The minimum absolute atomic E-state index is 0.315. The van der Waals surface area contributed by atoms with Crippen LogP contribution in [0.15, 0.2) is 151 Å². The van der Waals surface area contributed by atoms with Crippen molar-refractivity contribution in [2.45, 2.75) is 20.3 Å². The molecule has 3 N–H and O–H groups in total. The Morgan fingerprint density at radius 1 is 0.870 bits per heavy atom. The number of carbonyl (C=O) groups is 1. The molecular formula is C38H38N6O2. The van der Waals surface area contributed by atoms with E-state index in [1.807, 2.05) is 97.9 Å². The van der Waals surface area contributed by atoms with Gasteiger partial charge in [-0.25, -0.2) is 14.8 Å². The Hall–Kier alpha value is -6.02. The van der Waals surface area contributed by atoms with E-state index in [0.717, 1.165) is 34.5 Å². The molecule has 8 nitrogen and oxygen atoms in total. The third kappa shape index (κ3) is 10.6. The van der Waals surface area contributed by atoms with Crippen LogP contribution in [0.5, 0.6) is 0 Å². The molecule has 0 fully saturated rings. The number of nitrogens with zero attached hydrogens (tertiary/aromatic N) is 3. The Morgan fingerprint density at radius 2 is 1.59 bits per heavy atom. The van der Waals surface area contributed by atoms with Crippen LogP contribution in [-0.4, -0.2) is 27.5 Å². The average Bonchev–Trinajstić information content (AvgIpc) is 3.53. The zero-order valence-corrected chi connectivity index (χ0v) is 26.1. The van der Waals surface area contributed by atoms with E-state index >= 15 is 0 Å². The molecule has 46 heavy (non-hydrogen) atoms. The maximum atomic E-state index is 12.1. The molecule has 6 aromatic rings. The van der Waals surface area contributed by atoms with E-state index in [4.69, 9.17) is 4.42 Å². The maximum absolute atomic E-state index is 12.1. The number of pyridine rings is 1. The second kappa shape index (κ2) is 17.9. The summed E-state index contributed by atoms with van der Waals surface area (Å²) in [4.78, 5) is 24.7. The number of hydrogen-bond donors (Lipinski definition) is 3. The fourth-order valence-electron chi connectivity index (χ4n) is 4.22. The highest BCUT2D eigenvalue weighted by Crippen LogP contribution is 2.29. The highest BCUT2D eigenvalue weighted by Gasteiger charge is 2.11. The topological polar surface area (TPSA) is 105 Å². The number of aryl methyl sites for hydroxylation is 1. The Balaban J connectivity index is 0.000000337. The van der Waals surface area contributed by atoms with Crippen LogP contribution in [0.1, 0.15) is 18.1 Å². The predicted molar refractivity (Wildman–Crippen MR) is 189 cm³/mol. The van der Waals surface area contributed by atoms with Gasteiger partial charge >= 0.3 is 6.03 Å². The van der Waals surface area contributed by atoms with E-state index in [2.05, 4.69) is 56.5 Å². The van der Waals surface area contributed by atoms with E-state index in [-0.39, 0.29) is 6.03 Å². The SMILES string of the molecule is C=C/C=C\C.Cc1ccccc1.O=C(Nc1ccc(CCNc2ncnc3oc(-c4ccccc4)cc23)cc1)Nc1cccnc1. The molecule has 3 aromatic heterocycles. The molecule has 0 saturated heterocycles. The van der Waals surface area contributed by atoms with Crippen LogP contribution in [0.3, 0.4) is 0 Å². The van der Waals surface area contributed by atoms with Gasteiger partial charge in [-0.1, -0.05) is 103 Å². The summed E-state index contributed by atoms with van der Waals surface area (Å²) in [6.07, 6.45) is 11.1. The molecule has 0 atom stereocenters. The zero-order chi connectivity index (χ0) is 32.4. The van der Waals surface area contributed by atoms with Gasteiger partial charge in [0.1, 0.15) is 17.9 Å². The van der Waals surface area contributed by atoms with Crippen LogP contribution in [0.2, 0.25) is 0 Å². The summed E-state index contributed by atoms with van der Waals surface area (Å²) >= 11 is 0. The molecule has 0 bridgehead atoms. The van der Waals surface area contributed by atoms with Crippen LogP contribution in [0.4, 0.5) is 22.0 Å². The number of urea groups is 1. The summed E-state index contributed by atoms with van der Waals surface area (Å²) in [5, 5.41) is 9.78. The van der Waals surface area contributed by atoms with Crippen LogP contribution in [0.25, 0.3) is 22.4 Å². The number of allylic oxidation sites excluding steroid dienone is 3. The lowest BCUT2D eigenvalue weighted by atomic mass is 10.1. The molecule has 232 valence electrons. The van der Waals surface area contributed by atoms with E-state index in [9.17, 15) is 4.79 Å². The minimum Gasteiger partial charge on any atom is -0.438 e. The number of rotatable bonds is 8. The normalized spacial score (nSPS) is 10.2. The zero-order valence-electron chi connectivity index (χ0n) is 26.1. The number of fused-ring (bicyclic) bond motifs is 1. The van der Waals surface area contributed by atoms with Gasteiger partial charge in [-0.3, -0.25) is 4.98 Å². The van der Waals surface area contributed by atoms with Crippen molar-refractivity contribution in [3.05, 3.63) is 158 Å². The van der Waals surface area contributed by atoms with Gasteiger partial charge in [0.15, 0.2) is 0 Å². The van der Waals surface area contributed by atoms with E-state index in [1.165, 1.54) is 11.9 Å². The average molecular weight is 611 g/mol. The van der Waals surface area contributed by atoms with Crippen molar-refractivity contribution >= 4 is 34.3 Å². The van der Waals surface area contributed by atoms with Crippen molar-refractivity contribution in [2.24, 2.45) is 0 Å². The van der Waals surface area contributed by atoms with Crippen molar-refractivity contribution in [2.75, 3.05) is 22.5 Å². The highest BCUT2D eigenvalue weighted by atomic mass is 16.3. The molecule has 0 unspecified atom stereocenters. The number of amides is 2. The number of benzene rings is 3. The van der Waals surface area contributed by atoms with E-state index < -0.39 is 0 Å². The summed E-state index contributed by atoms with van der Waals surface area (Å²) in [5.41, 5.74) is 5.35. The van der Waals surface area contributed by atoms with Crippen molar-refractivity contribution in [3.63, 3.8) is 0 Å². The molecular weight excluding hydrogens is 572 g/mol. The monoisotopic (exact) mass is 610 g/mol. The molecule has 0 saturated carbocycles. The van der Waals surface area contributed by atoms with Crippen molar-refractivity contribution in [1.82, 2.24) is 15.0 Å². The van der Waals surface area contributed by atoms with E-state index in [1.54, 1.807) is 30.6 Å². The van der Waals surface area contributed by atoms with Crippen LogP contribution < -0.4 is 16.0 Å². The first-order chi connectivity index (χ1) is 22.6. The second-order valence-corrected chi connectivity index (χ2v) is 10.0. The molecule has 6 rings (SSSR count). The fourth-order valence-corrected chi connectivity index (χ4v) is 4.22. The van der Waals surface area contributed by atoms with E-state index in [0.29, 0.717) is 23.6 Å². The van der Waals surface area contributed by atoms with Crippen molar-refractivity contribution in [1.29, 1.82) is 0 Å². The minimum atomic E-state index is -0.315. The smallest absolute Gasteiger partial charge is 0.323 e. The predicted octanol–water partition coefficient (Wildman–Crippen LogP) is 9.33. The maximum Gasteiger partial charge on any atom is 0.323 e. The molecule has 0 aliphatic carbocycles. The number of anilines is 3. The standard InChI is InChI=1S/C26H22N6O2.C7H8.C5H8/c33-26(32-21-7-4-13-27-16-21)31-20-10-8-18(9-11-20)12-14-28-24-22-15-23(19-5-2-1-3-6-19)34-25(22)30-17-29-24;1-7-5-3-2-4-6-7;1-3-5-4-2/h1-11,13,15-17H,12,14H2,(H,28,29,30)(H2,31,32,33);2-6H,1H3;3-5H,1H2,2H3/b;;5-4-. The van der Waals surface area contributed by atoms with Gasteiger partial charge in [-0.15, -0.1) is 0 Å². The molecule has 0 radical (unpaired) electrons. The summed E-state index contributed by atoms with van der Waals surface area (Å²) < 4.78 is 5.91. The largest absolute Gasteiger partial charge is 0.438 e. The molecule has 3 heterocycles. The van der Waals surface area contributed by atoms with Crippen LogP contribution in [0, 0.1) is 6.92 Å². The third-order valence-electron chi connectivity index (χ3n) is 6.49. The Bertz CT molecular complexity index is 1800. The summed E-state index contributed by atoms with van der Waals surface area (Å²) in [6, 6.07) is 33.1. The van der Waals surface area contributed by atoms with Gasteiger partial charge < -0.3 is 20.4 Å². The number of furan rings is 1. The summed E-state index contributed by atoms with van der Waals surface area (Å²) in [6.45, 7) is 8.19. The van der Waals surface area contributed by atoms with Gasteiger partial charge in [-0.2, -0.15) is 0 Å². The molecule has 0 aliphatic rings. The van der Waals surface area contributed by atoms with Gasteiger partial charge in [0.25, 0.3) is 0 Å². The first-order valence-corrected chi connectivity index (χ1v) is 14.9. The van der Waals surface area contributed by atoms with Gasteiger partial charge in [-0.05, 0) is 56.2 Å². The number of hydrogen-bond acceptors (Lipinski definition) is 6. The Morgan fingerprint density at radius 3 is 2.20 bits per heavy atom. The Labute approximate surface area is 270 Å². The lowest BCUT2D eigenvalue weighted by Gasteiger charge is -2.09. The van der Waals surface area contributed by atoms with Crippen molar-refractivity contribution < 1.29 is 9.21 Å². The molecule has 3 aromatic carbocycles. The second-order valence-electron chi connectivity index (χ2n) is 10.0. The molecule has 0 aliphatic heterocycles. The summed E-state index contributed by atoms with van der Waals surface area (Å²) in [5.74, 6) is 1.50. The Kier molecular flexibility index (Phi) is 12.8. The summed E-state index contributed by atoms with van der Waals surface area (Å²) in [7, 11) is 0. The first-order valence-electron chi connectivity index (χ1n) is 14.9. The van der Waals surface area contributed by atoms with Gasteiger partial charge in [0, 0.05) is 24.0 Å². The third-order valence-corrected chi connectivity index (χ3v) is 6.49. The lowest BCUT2D eigenvalue weighted by molar-refractivity contribution is 0.262. The lowest BCUT2D eigenvalue weighted by Crippen LogP contribution is -2.19. The fraction of sp³-hybridized carbons (Fsp3) is 0.105. The number of aromatic nitrogens is 3. The van der Waals surface area contributed by atoms with Gasteiger partial charge in [0.2, 0.25) is 5.71 Å². The van der Waals surface area contributed by atoms with Crippen LogP contribution in [-0.2, 0) is 6.42 Å². The van der Waals surface area contributed by atoms with Crippen LogP contribution >= 0.6 is 0 Å². The number of nitrogens with one attached hydrogen (secondary N) is 3. The van der Waals surface area contributed by atoms with Gasteiger partial charge in [0.05, 0.1) is 17.3 Å². The molecule has 2 amide bonds. The molecule has 8 heteroatoms. The molecule has 0 spiro atoms. The number of carbonyl (C=O) groups excluding carboxylic acids is 1. The quantitative estimate of drug-likeness (QED) is 0.148. The highest BCUT2D eigenvalue weighted by molar-refractivity contribution is 5.99.